The minimum absolute atomic E-state index is 0.117. The average Bonchev–Trinajstić information content (AvgIpc) is 2.11. The second-order valence-corrected chi connectivity index (χ2v) is 10.7. The highest BCUT2D eigenvalue weighted by Crippen LogP contribution is 2.39. The van der Waals surface area contributed by atoms with Crippen molar-refractivity contribution < 1.29 is 0 Å². The first-order valence-electron chi connectivity index (χ1n) is 7.14. The van der Waals surface area contributed by atoms with Crippen molar-refractivity contribution in [3.8, 4) is 0 Å². The summed E-state index contributed by atoms with van der Waals surface area (Å²) in [6.07, 6.45) is 0. The largest absolute Gasteiger partial charge is 0.398 e. The van der Waals surface area contributed by atoms with Crippen LogP contribution >= 0.6 is 0 Å². The van der Waals surface area contributed by atoms with Crippen LogP contribution < -0.4 is 5.73 Å². The number of rotatable bonds is 2. The fourth-order valence-electron chi connectivity index (χ4n) is 3.14. The SMILES string of the molecule is C[Si](C)C(c1ccc(C(C)(C)C)c(N)c1)C(C)(C)C. The summed E-state index contributed by atoms with van der Waals surface area (Å²) < 4.78 is 0. The standard InChI is InChI=1S/C17H30NSi/c1-16(2,3)13-10-9-12(11-14(13)18)15(19(7)8)17(4,5)6/h9-11,15H,18H2,1-8H3. The lowest BCUT2D eigenvalue weighted by molar-refractivity contribution is 0.389. The molecule has 0 amide bonds. The number of hydrogen-bond acceptors (Lipinski definition) is 1. The molecule has 0 saturated carbocycles. The minimum atomic E-state index is -0.402. The first-order chi connectivity index (χ1) is 8.44. The van der Waals surface area contributed by atoms with Crippen molar-refractivity contribution in [1.29, 1.82) is 0 Å². The van der Waals surface area contributed by atoms with Crippen LogP contribution in [0.25, 0.3) is 0 Å². The molecule has 107 valence electrons. The van der Waals surface area contributed by atoms with Crippen molar-refractivity contribution >= 4 is 14.5 Å². The molecule has 0 bridgehead atoms. The third-order valence-corrected chi connectivity index (χ3v) is 6.01. The van der Waals surface area contributed by atoms with Gasteiger partial charge in [-0.15, -0.1) is 0 Å². The molecule has 2 heteroatoms. The predicted octanol–water partition coefficient (Wildman–Crippen LogP) is 4.99. The van der Waals surface area contributed by atoms with Crippen molar-refractivity contribution in [2.24, 2.45) is 5.41 Å². The highest BCUT2D eigenvalue weighted by Gasteiger charge is 2.30. The number of nitrogens with two attached hydrogens (primary N) is 1. The molecule has 0 fully saturated rings. The van der Waals surface area contributed by atoms with E-state index in [1.54, 1.807) is 0 Å². The molecule has 2 N–H and O–H groups in total. The molecule has 0 heterocycles. The van der Waals surface area contributed by atoms with E-state index in [1.807, 2.05) is 0 Å². The van der Waals surface area contributed by atoms with Crippen LogP contribution in [-0.2, 0) is 5.41 Å². The maximum absolute atomic E-state index is 6.30. The number of hydrogen-bond donors (Lipinski definition) is 1. The summed E-state index contributed by atoms with van der Waals surface area (Å²) >= 11 is 0. The molecule has 0 saturated heterocycles. The van der Waals surface area contributed by atoms with E-state index in [0.717, 1.165) is 5.69 Å². The summed E-state index contributed by atoms with van der Waals surface area (Å²) in [6, 6.07) is 6.74. The first-order valence-corrected chi connectivity index (χ1v) is 9.72. The molecular formula is C17H30NSi. The molecule has 1 rings (SSSR count). The summed E-state index contributed by atoms with van der Waals surface area (Å²) in [5, 5.41) is 0. The van der Waals surface area contributed by atoms with Gasteiger partial charge in [-0.25, -0.2) is 0 Å². The van der Waals surface area contributed by atoms with Crippen LogP contribution in [0.5, 0.6) is 0 Å². The average molecular weight is 277 g/mol. The monoisotopic (exact) mass is 276 g/mol. The van der Waals surface area contributed by atoms with Crippen LogP contribution in [0.4, 0.5) is 5.69 Å². The van der Waals surface area contributed by atoms with Gasteiger partial charge in [-0.3, -0.25) is 0 Å². The number of benzene rings is 1. The maximum atomic E-state index is 6.30. The summed E-state index contributed by atoms with van der Waals surface area (Å²) in [7, 11) is -0.402. The van der Waals surface area contributed by atoms with Gasteiger partial charge in [0.2, 0.25) is 0 Å². The van der Waals surface area contributed by atoms with Gasteiger partial charge in [0.15, 0.2) is 0 Å². The van der Waals surface area contributed by atoms with Crippen molar-refractivity contribution in [2.45, 2.75) is 65.6 Å². The van der Waals surface area contributed by atoms with Crippen LogP contribution in [-0.4, -0.2) is 8.80 Å². The molecule has 1 aromatic rings. The van der Waals surface area contributed by atoms with Crippen molar-refractivity contribution in [3.63, 3.8) is 0 Å². The summed E-state index contributed by atoms with van der Waals surface area (Å²) in [5.41, 5.74) is 11.0. The molecule has 0 aliphatic rings. The molecule has 1 unspecified atom stereocenters. The lowest BCUT2D eigenvalue weighted by Gasteiger charge is -2.34. The third kappa shape index (κ3) is 3.85. The summed E-state index contributed by atoms with van der Waals surface area (Å²) in [4.78, 5) is 0. The molecule has 0 aliphatic heterocycles. The second kappa shape index (κ2) is 5.32. The Morgan fingerprint density at radius 3 is 1.84 bits per heavy atom. The van der Waals surface area contributed by atoms with Gasteiger partial charge in [-0.05, 0) is 33.6 Å². The lowest BCUT2D eigenvalue weighted by Crippen LogP contribution is -2.29. The van der Waals surface area contributed by atoms with Gasteiger partial charge in [0.25, 0.3) is 0 Å². The van der Waals surface area contributed by atoms with E-state index >= 15 is 0 Å². The Kier molecular flexibility index (Phi) is 4.56. The Labute approximate surface area is 121 Å². The zero-order valence-electron chi connectivity index (χ0n) is 13.9. The Morgan fingerprint density at radius 1 is 1.00 bits per heavy atom. The van der Waals surface area contributed by atoms with Gasteiger partial charge in [-0.1, -0.05) is 66.8 Å². The van der Waals surface area contributed by atoms with E-state index in [1.165, 1.54) is 11.1 Å². The van der Waals surface area contributed by atoms with Crippen LogP contribution in [0.1, 0.15) is 58.2 Å². The van der Waals surface area contributed by atoms with Crippen molar-refractivity contribution in [1.82, 2.24) is 0 Å². The third-order valence-electron chi connectivity index (χ3n) is 3.66. The van der Waals surface area contributed by atoms with Gasteiger partial charge in [-0.2, -0.15) is 0 Å². The highest BCUT2D eigenvalue weighted by atomic mass is 28.3. The zero-order chi connectivity index (χ0) is 15.0. The normalized spacial score (nSPS) is 14.8. The Bertz CT molecular complexity index is 436. The first kappa shape index (κ1) is 16.3. The van der Waals surface area contributed by atoms with Gasteiger partial charge in [0.1, 0.15) is 0 Å². The van der Waals surface area contributed by atoms with Crippen LogP contribution in [0, 0.1) is 5.41 Å². The molecular weight excluding hydrogens is 246 g/mol. The molecule has 0 spiro atoms. The van der Waals surface area contributed by atoms with E-state index in [9.17, 15) is 0 Å². The smallest absolute Gasteiger partial charge is 0.0504 e. The number of nitrogen functional groups attached to an aromatic ring is 1. The van der Waals surface area contributed by atoms with E-state index < -0.39 is 8.80 Å². The van der Waals surface area contributed by atoms with E-state index in [-0.39, 0.29) is 5.41 Å². The van der Waals surface area contributed by atoms with Crippen molar-refractivity contribution in [3.05, 3.63) is 29.3 Å². The summed E-state index contributed by atoms with van der Waals surface area (Å²) in [6.45, 7) is 18.5. The van der Waals surface area contributed by atoms with Crippen LogP contribution in [0.15, 0.2) is 18.2 Å². The molecule has 1 radical (unpaired) electrons. The topological polar surface area (TPSA) is 26.0 Å². The van der Waals surface area contributed by atoms with Gasteiger partial charge in [0.05, 0.1) is 8.80 Å². The molecule has 1 atom stereocenters. The predicted molar refractivity (Wildman–Crippen MR) is 89.2 cm³/mol. The quantitative estimate of drug-likeness (QED) is 0.597. The molecule has 0 aromatic heterocycles. The number of anilines is 1. The molecule has 1 aromatic carbocycles. The highest BCUT2D eigenvalue weighted by molar-refractivity contribution is 6.57. The Morgan fingerprint density at radius 2 is 1.53 bits per heavy atom. The fraction of sp³-hybridized carbons (Fsp3) is 0.647. The molecule has 0 aliphatic carbocycles. The maximum Gasteiger partial charge on any atom is 0.0504 e. The Hall–Kier alpha value is -0.763. The molecule has 1 nitrogen and oxygen atoms in total. The summed E-state index contributed by atoms with van der Waals surface area (Å²) in [5.74, 6) is 0. The van der Waals surface area contributed by atoms with Crippen molar-refractivity contribution in [2.75, 3.05) is 5.73 Å². The minimum Gasteiger partial charge on any atom is -0.398 e. The van der Waals surface area contributed by atoms with E-state index in [0.29, 0.717) is 11.0 Å². The van der Waals surface area contributed by atoms with Crippen LogP contribution in [0.3, 0.4) is 0 Å². The fourth-order valence-corrected chi connectivity index (χ4v) is 5.72. The van der Waals surface area contributed by atoms with Gasteiger partial charge in [0, 0.05) is 5.69 Å². The zero-order valence-corrected chi connectivity index (χ0v) is 14.9. The van der Waals surface area contributed by atoms with E-state index in [4.69, 9.17) is 5.73 Å². The van der Waals surface area contributed by atoms with E-state index in [2.05, 4.69) is 72.8 Å². The Balaban J connectivity index is 3.26. The van der Waals surface area contributed by atoms with Gasteiger partial charge < -0.3 is 5.73 Å². The van der Waals surface area contributed by atoms with Gasteiger partial charge >= 0.3 is 0 Å². The second-order valence-electron chi connectivity index (χ2n) is 7.97. The lowest BCUT2D eigenvalue weighted by atomic mass is 9.82. The van der Waals surface area contributed by atoms with Crippen LogP contribution in [0.2, 0.25) is 13.1 Å². The molecule has 19 heavy (non-hydrogen) atoms.